The van der Waals surface area contributed by atoms with Crippen molar-refractivity contribution in [1.29, 1.82) is 0 Å². The number of aromatic nitrogens is 2. The summed E-state index contributed by atoms with van der Waals surface area (Å²) < 4.78 is 1.96. The number of nitrogens with zero attached hydrogens (tertiary/aromatic N) is 4. The third-order valence-corrected chi connectivity index (χ3v) is 2.50. The van der Waals surface area contributed by atoms with E-state index in [0.29, 0.717) is 0 Å². The monoisotopic (exact) mass is 208 g/mol. The van der Waals surface area contributed by atoms with Gasteiger partial charge in [-0.05, 0) is 13.1 Å². The van der Waals surface area contributed by atoms with Gasteiger partial charge in [-0.3, -0.25) is 4.99 Å². The van der Waals surface area contributed by atoms with Gasteiger partial charge in [0.05, 0.1) is 12.8 Å². The molecule has 0 fully saturated rings. The van der Waals surface area contributed by atoms with Gasteiger partial charge in [-0.1, -0.05) is 13.8 Å². The van der Waals surface area contributed by atoms with E-state index >= 15 is 0 Å². The normalized spacial score (nSPS) is 11.7. The van der Waals surface area contributed by atoms with Crippen LogP contribution in [0.15, 0.2) is 17.4 Å². The largest absolute Gasteiger partial charge is 0.333 e. The molecule has 0 aromatic carbocycles. The summed E-state index contributed by atoms with van der Waals surface area (Å²) in [5.41, 5.74) is 0. The average Bonchev–Trinajstić information content (AvgIpc) is 2.65. The van der Waals surface area contributed by atoms with Crippen LogP contribution < -0.4 is 0 Å². The molecular weight excluding hydrogens is 188 g/mol. The van der Waals surface area contributed by atoms with Crippen molar-refractivity contribution in [2.75, 3.05) is 26.2 Å². The zero-order valence-corrected chi connectivity index (χ0v) is 9.85. The molecule has 1 aromatic rings. The number of likely N-dealkylation sites (N-methyl/N-ethyl adjacent to an activating group) is 1. The molecule has 15 heavy (non-hydrogen) atoms. The Balaban J connectivity index is 2.31. The van der Waals surface area contributed by atoms with Gasteiger partial charge in [-0.15, -0.1) is 0 Å². The maximum atomic E-state index is 4.36. The van der Waals surface area contributed by atoms with Gasteiger partial charge in [-0.25, -0.2) is 4.98 Å². The standard InChI is InChI=1S/C11H20N4/c1-4-15(5-2)9-6-12-10-11-13-7-8-14(11)3/h7-8,10H,4-6,9H2,1-3H3. The van der Waals surface area contributed by atoms with Crippen molar-refractivity contribution in [1.82, 2.24) is 14.5 Å². The average molecular weight is 208 g/mol. The molecule has 0 spiro atoms. The van der Waals surface area contributed by atoms with E-state index in [4.69, 9.17) is 0 Å². The van der Waals surface area contributed by atoms with Crippen molar-refractivity contribution >= 4 is 6.21 Å². The van der Waals surface area contributed by atoms with Gasteiger partial charge in [0.25, 0.3) is 0 Å². The lowest BCUT2D eigenvalue weighted by Gasteiger charge is -2.15. The molecule has 0 saturated carbocycles. The summed E-state index contributed by atoms with van der Waals surface area (Å²) in [6, 6.07) is 0. The van der Waals surface area contributed by atoms with Gasteiger partial charge in [-0.2, -0.15) is 0 Å². The highest BCUT2D eigenvalue weighted by molar-refractivity contribution is 5.74. The van der Waals surface area contributed by atoms with Crippen LogP contribution in [0.25, 0.3) is 0 Å². The highest BCUT2D eigenvalue weighted by Gasteiger charge is 1.96. The van der Waals surface area contributed by atoms with Crippen LogP contribution in [0.1, 0.15) is 19.7 Å². The predicted octanol–water partition coefficient (Wildman–Crippen LogP) is 1.18. The molecule has 1 aromatic heterocycles. The van der Waals surface area contributed by atoms with E-state index in [0.717, 1.165) is 32.0 Å². The van der Waals surface area contributed by atoms with Gasteiger partial charge in [0.2, 0.25) is 0 Å². The molecule has 4 nitrogen and oxygen atoms in total. The lowest BCUT2D eigenvalue weighted by Crippen LogP contribution is -2.25. The lowest BCUT2D eigenvalue weighted by molar-refractivity contribution is 0.313. The minimum Gasteiger partial charge on any atom is -0.333 e. The number of hydrogen-bond donors (Lipinski definition) is 0. The Hall–Kier alpha value is -1.16. The Morgan fingerprint density at radius 1 is 1.47 bits per heavy atom. The molecular formula is C11H20N4. The third-order valence-electron chi connectivity index (χ3n) is 2.50. The SMILES string of the molecule is CCN(CC)CCN=Cc1nccn1C. The molecule has 0 radical (unpaired) electrons. The molecule has 1 rings (SSSR count). The van der Waals surface area contributed by atoms with Crippen molar-refractivity contribution < 1.29 is 0 Å². The second kappa shape index (κ2) is 6.35. The van der Waals surface area contributed by atoms with E-state index < -0.39 is 0 Å². The van der Waals surface area contributed by atoms with Gasteiger partial charge < -0.3 is 9.47 Å². The molecule has 0 unspecified atom stereocenters. The molecule has 0 amide bonds. The van der Waals surface area contributed by atoms with Gasteiger partial charge in [0, 0.05) is 26.0 Å². The third kappa shape index (κ3) is 3.83. The molecule has 4 heteroatoms. The van der Waals surface area contributed by atoms with Crippen LogP contribution >= 0.6 is 0 Å². The molecule has 0 N–H and O–H groups in total. The van der Waals surface area contributed by atoms with Crippen molar-refractivity contribution in [2.24, 2.45) is 12.0 Å². The van der Waals surface area contributed by atoms with E-state index in [1.807, 2.05) is 24.0 Å². The number of imidazole rings is 1. The molecule has 0 saturated heterocycles. The number of aryl methyl sites for hydroxylation is 1. The summed E-state index contributed by atoms with van der Waals surface area (Å²) >= 11 is 0. The minimum atomic E-state index is 0.842. The zero-order valence-electron chi connectivity index (χ0n) is 9.85. The second-order valence-corrected chi connectivity index (χ2v) is 3.46. The molecule has 0 aliphatic carbocycles. The number of aliphatic imine (C=N–C) groups is 1. The second-order valence-electron chi connectivity index (χ2n) is 3.46. The number of rotatable bonds is 6. The quantitative estimate of drug-likeness (QED) is 0.658. The Bertz CT molecular complexity index is 299. The van der Waals surface area contributed by atoms with Crippen LogP contribution in [0.4, 0.5) is 0 Å². The van der Waals surface area contributed by atoms with Gasteiger partial charge >= 0.3 is 0 Å². The zero-order chi connectivity index (χ0) is 11.1. The molecule has 0 aliphatic rings. The van der Waals surface area contributed by atoms with Crippen LogP contribution in [0, 0.1) is 0 Å². The molecule has 84 valence electrons. The van der Waals surface area contributed by atoms with E-state index in [1.165, 1.54) is 0 Å². The highest BCUT2D eigenvalue weighted by Crippen LogP contribution is 1.90. The fourth-order valence-corrected chi connectivity index (χ4v) is 1.39. The lowest BCUT2D eigenvalue weighted by atomic mass is 10.5. The van der Waals surface area contributed by atoms with Gasteiger partial charge in [0.15, 0.2) is 0 Å². The Labute approximate surface area is 91.6 Å². The van der Waals surface area contributed by atoms with E-state index in [1.54, 1.807) is 6.20 Å². The van der Waals surface area contributed by atoms with Crippen LogP contribution in [-0.4, -0.2) is 46.8 Å². The first-order chi connectivity index (χ1) is 7.27. The van der Waals surface area contributed by atoms with Crippen LogP contribution in [0.5, 0.6) is 0 Å². The van der Waals surface area contributed by atoms with Crippen LogP contribution in [0.3, 0.4) is 0 Å². The van der Waals surface area contributed by atoms with Gasteiger partial charge in [0.1, 0.15) is 5.82 Å². The Kier molecular flexibility index (Phi) is 5.04. The predicted molar refractivity (Wildman–Crippen MR) is 63.5 cm³/mol. The fraction of sp³-hybridized carbons (Fsp3) is 0.636. The molecule has 1 heterocycles. The Morgan fingerprint density at radius 3 is 2.73 bits per heavy atom. The summed E-state index contributed by atoms with van der Waals surface area (Å²) in [7, 11) is 1.97. The highest BCUT2D eigenvalue weighted by atomic mass is 15.1. The van der Waals surface area contributed by atoms with Crippen molar-refractivity contribution in [3.05, 3.63) is 18.2 Å². The first-order valence-electron chi connectivity index (χ1n) is 5.47. The maximum absolute atomic E-state index is 4.36. The number of hydrogen-bond acceptors (Lipinski definition) is 3. The molecule has 0 aliphatic heterocycles. The maximum Gasteiger partial charge on any atom is 0.150 e. The smallest absolute Gasteiger partial charge is 0.150 e. The molecule has 0 bridgehead atoms. The van der Waals surface area contributed by atoms with Crippen LogP contribution in [-0.2, 0) is 7.05 Å². The van der Waals surface area contributed by atoms with Crippen molar-refractivity contribution in [3.63, 3.8) is 0 Å². The summed E-state index contributed by atoms with van der Waals surface area (Å²) in [6.45, 7) is 8.39. The topological polar surface area (TPSA) is 33.4 Å². The summed E-state index contributed by atoms with van der Waals surface area (Å²) in [6.07, 6.45) is 5.54. The van der Waals surface area contributed by atoms with E-state index in [2.05, 4.69) is 28.7 Å². The van der Waals surface area contributed by atoms with Crippen molar-refractivity contribution in [3.8, 4) is 0 Å². The first kappa shape index (κ1) is 11.9. The van der Waals surface area contributed by atoms with Crippen LogP contribution in [0.2, 0.25) is 0 Å². The van der Waals surface area contributed by atoms with E-state index in [-0.39, 0.29) is 0 Å². The summed E-state index contributed by atoms with van der Waals surface area (Å²) in [4.78, 5) is 10.9. The summed E-state index contributed by atoms with van der Waals surface area (Å²) in [5, 5.41) is 0. The van der Waals surface area contributed by atoms with E-state index in [9.17, 15) is 0 Å². The summed E-state index contributed by atoms with van der Waals surface area (Å²) in [5.74, 6) is 0.912. The Morgan fingerprint density at radius 2 is 2.20 bits per heavy atom. The molecule has 0 atom stereocenters. The first-order valence-corrected chi connectivity index (χ1v) is 5.47. The minimum absolute atomic E-state index is 0.842. The van der Waals surface area contributed by atoms with Crippen molar-refractivity contribution in [2.45, 2.75) is 13.8 Å². The fourth-order valence-electron chi connectivity index (χ4n) is 1.39.